The highest BCUT2D eigenvalue weighted by Crippen LogP contribution is 2.40. The molecule has 10 aromatic carbocycles. The van der Waals surface area contributed by atoms with Crippen LogP contribution in [0.2, 0.25) is 0 Å². The van der Waals surface area contributed by atoms with Gasteiger partial charge in [-0.15, -0.1) is 0 Å². The third-order valence-corrected chi connectivity index (χ3v) is 13.3. The molecule has 0 atom stereocenters. The van der Waals surface area contributed by atoms with Crippen LogP contribution in [0, 0.1) is 0 Å². The van der Waals surface area contributed by atoms with Crippen molar-refractivity contribution in [3.8, 4) is 44.8 Å². The summed E-state index contributed by atoms with van der Waals surface area (Å²) in [6.45, 7) is 0. The number of para-hydroxylation sites is 4. The van der Waals surface area contributed by atoms with Crippen molar-refractivity contribution in [2.45, 2.75) is 0 Å². The molecule has 4 heteroatoms. The Morgan fingerprint density at radius 2 is 0.578 bits per heavy atom. The summed E-state index contributed by atoms with van der Waals surface area (Å²) in [5, 5.41) is 9.40. The number of aromatic nitrogens is 2. The van der Waals surface area contributed by atoms with E-state index in [1.165, 1.54) is 71.5 Å². The lowest BCUT2D eigenvalue weighted by Crippen LogP contribution is -1.94. The van der Waals surface area contributed by atoms with Crippen molar-refractivity contribution in [3.63, 3.8) is 0 Å². The number of hydrogen-bond donors (Lipinski definition) is 0. The number of furan rings is 2. The zero-order valence-electron chi connectivity index (χ0n) is 34.5. The first-order chi connectivity index (χ1) is 31.7. The van der Waals surface area contributed by atoms with E-state index in [-0.39, 0.29) is 0 Å². The fourth-order valence-electron chi connectivity index (χ4n) is 10.3. The molecule has 4 aromatic heterocycles. The summed E-state index contributed by atoms with van der Waals surface area (Å²) in [6.07, 6.45) is 0. The van der Waals surface area contributed by atoms with E-state index in [2.05, 4.69) is 215 Å². The van der Waals surface area contributed by atoms with Crippen molar-refractivity contribution in [1.29, 1.82) is 0 Å². The first-order valence-electron chi connectivity index (χ1n) is 21.8. The summed E-state index contributed by atoms with van der Waals surface area (Å²) in [6, 6.07) is 78.7. The molecule has 0 spiro atoms. The maximum absolute atomic E-state index is 6.49. The molecule has 298 valence electrons. The van der Waals surface area contributed by atoms with Crippen LogP contribution >= 0.6 is 0 Å². The second kappa shape index (κ2) is 13.4. The fraction of sp³-hybridized carbons (Fsp3) is 0. The second-order valence-corrected chi connectivity index (χ2v) is 16.9. The number of rotatable bonds is 5. The van der Waals surface area contributed by atoms with Crippen LogP contribution in [-0.4, -0.2) is 9.13 Å². The highest BCUT2D eigenvalue weighted by molar-refractivity contribution is 6.13. The topological polar surface area (TPSA) is 36.1 Å². The number of nitrogens with zero attached hydrogens (tertiary/aromatic N) is 2. The van der Waals surface area contributed by atoms with Crippen molar-refractivity contribution in [1.82, 2.24) is 9.13 Å². The molecule has 14 aromatic rings. The Morgan fingerprint density at radius 1 is 0.219 bits per heavy atom. The van der Waals surface area contributed by atoms with E-state index in [4.69, 9.17) is 8.83 Å². The Bertz CT molecular complexity index is 4160. The Kier molecular flexibility index (Phi) is 7.36. The molecule has 0 fully saturated rings. The lowest BCUT2D eigenvalue weighted by Gasteiger charge is -2.10. The Hall–Kier alpha value is -8.60. The zero-order valence-corrected chi connectivity index (χ0v) is 34.5. The van der Waals surface area contributed by atoms with E-state index in [1.54, 1.807) is 0 Å². The Morgan fingerprint density at radius 3 is 1.11 bits per heavy atom. The minimum Gasteiger partial charge on any atom is -0.456 e. The van der Waals surface area contributed by atoms with Crippen LogP contribution in [0.25, 0.3) is 132 Å². The molecule has 0 saturated carbocycles. The summed E-state index contributed by atoms with van der Waals surface area (Å²) in [5.41, 5.74) is 17.6. The van der Waals surface area contributed by atoms with E-state index in [1.807, 2.05) is 12.1 Å². The van der Waals surface area contributed by atoms with E-state index in [0.29, 0.717) is 0 Å². The molecule has 0 amide bonds. The maximum Gasteiger partial charge on any atom is 0.135 e. The number of fused-ring (bicyclic) bond motifs is 12. The van der Waals surface area contributed by atoms with Crippen LogP contribution in [0.5, 0.6) is 0 Å². The molecule has 0 N–H and O–H groups in total. The minimum atomic E-state index is 0.874. The third kappa shape index (κ3) is 5.23. The SMILES string of the molecule is c1cc(-c2cccc(-c3ccc4c(c3)c3ccccc3n4-c3ccc4oc5ccc(-n6c7ccccc7c7ccccc76)cc5c4c3)c2)cc(-c2ccc3oc4ccccc4c3c2)c1. The molecule has 0 bridgehead atoms. The average molecular weight is 817 g/mol. The predicted octanol–water partition coefficient (Wildman–Crippen LogP) is 16.7. The van der Waals surface area contributed by atoms with E-state index >= 15 is 0 Å². The molecule has 4 nitrogen and oxygen atoms in total. The van der Waals surface area contributed by atoms with Gasteiger partial charge in [-0.3, -0.25) is 0 Å². The second-order valence-electron chi connectivity index (χ2n) is 16.9. The number of hydrogen-bond acceptors (Lipinski definition) is 2. The smallest absolute Gasteiger partial charge is 0.135 e. The van der Waals surface area contributed by atoms with Gasteiger partial charge in [0.05, 0.1) is 22.1 Å². The summed E-state index contributed by atoms with van der Waals surface area (Å²) in [7, 11) is 0. The normalized spacial score (nSPS) is 12.1. The summed E-state index contributed by atoms with van der Waals surface area (Å²) < 4.78 is 17.4. The minimum absolute atomic E-state index is 0.874. The summed E-state index contributed by atoms with van der Waals surface area (Å²) in [5.74, 6) is 0. The van der Waals surface area contributed by atoms with Gasteiger partial charge in [-0.25, -0.2) is 0 Å². The summed E-state index contributed by atoms with van der Waals surface area (Å²) >= 11 is 0. The molecule has 64 heavy (non-hydrogen) atoms. The van der Waals surface area contributed by atoms with E-state index in [0.717, 1.165) is 60.8 Å². The van der Waals surface area contributed by atoms with Crippen LogP contribution in [0.4, 0.5) is 0 Å². The Labute approximate surface area is 367 Å². The van der Waals surface area contributed by atoms with Gasteiger partial charge in [0.2, 0.25) is 0 Å². The van der Waals surface area contributed by atoms with Gasteiger partial charge in [-0.1, -0.05) is 121 Å². The van der Waals surface area contributed by atoms with Crippen molar-refractivity contribution >= 4 is 87.5 Å². The standard InChI is InChI=1S/C60H36N2O2/c1-5-19-53-45(15-1)46-16-2-6-20-54(46)61(53)43-25-29-59-51(35-43)52-36-44(26-30-60(52)64-59)62-55-21-7-3-17-47(55)49-33-41(23-27-56(49)62)39-13-9-11-37(31-39)38-12-10-14-40(32-38)42-24-28-58-50(34-42)48-18-4-8-22-57(48)63-58/h1-36H. The monoisotopic (exact) mass is 816 g/mol. The fourth-order valence-corrected chi connectivity index (χ4v) is 10.3. The van der Waals surface area contributed by atoms with Crippen LogP contribution in [-0.2, 0) is 0 Å². The molecule has 0 aliphatic carbocycles. The van der Waals surface area contributed by atoms with Gasteiger partial charge in [0.25, 0.3) is 0 Å². The largest absolute Gasteiger partial charge is 0.456 e. The highest BCUT2D eigenvalue weighted by atomic mass is 16.3. The lowest BCUT2D eigenvalue weighted by molar-refractivity contribution is 0.668. The van der Waals surface area contributed by atoms with Crippen LogP contribution in [0.3, 0.4) is 0 Å². The first kappa shape index (κ1) is 35.0. The molecule has 4 heterocycles. The lowest BCUT2D eigenvalue weighted by atomic mass is 9.95. The van der Waals surface area contributed by atoms with Gasteiger partial charge >= 0.3 is 0 Å². The van der Waals surface area contributed by atoms with Crippen LogP contribution in [0.1, 0.15) is 0 Å². The molecule has 0 aliphatic heterocycles. The molecule has 14 rings (SSSR count). The molecular weight excluding hydrogens is 781 g/mol. The zero-order chi connectivity index (χ0) is 41.9. The molecule has 0 radical (unpaired) electrons. The molecule has 0 unspecified atom stereocenters. The van der Waals surface area contributed by atoms with Crippen molar-refractivity contribution < 1.29 is 8.83 Å². The van der Waals surface area contributed by atoms with Gasteiger partial charge in [0.15, 0.2) is 0 Å². The number of benzene rings is 10. The summed E-state index contributed by atoms with van der Waals surface area (Å²) in [4.78, 5) is 0. The van der Waals surface area contributed by atoms with Crippen LogP contribution in [0.15, 0.2) is 227 Å². The highest BCUT2D eigenvalue weighted by Gasteiger charge is 2.18. The first-order valence-corrected chi connectivity index (χ1v) is 21.8. The van der Waals surface area contributed by atoms with E-state index in [9.17, 15) is 0 Å². The van der Waals surface area contributed by atoms with Gasteiger partial charge in [-0.2, -0.15) is 0 Å². The third-order valence-electron chi connectivity index (χ3n) is 13.3. The van der Waals surface area contributed by atoms with Crippen molar-refractivity contribution in [2.24, 2.45) is 0 Å². The molecule has 0 saturated heterocycles. The van der Waals surface area contributed by atoms with Crippen molar-refractivity contribution in [2.75, 3.05) is 0 Å². The van der Waals surface area contributed by atoms with Gasteiger partial charge in [0, 0.05) is 54.5 Å². The van der Waals surface area contributed by atoms with Gasteiger partial charge in [-0.05, 0) is 130 Å². The quantitative estimate of drug-likeness (QED) is 0.173. The average Bonchev–Trinajstić information content (AvgIpc) is 4.11. The van der Waals surface area contributed by atoms with Crippen LogP contribution < -0.4 is 0 Å². The molecule has 0 aliphatic rings. The predicted molar refractivity (Wildman–Crippen MR) is 266 cm³/mol. The molecular formula is C60H36N2O2. The van der Waals surface area contributed by atoms with Crippen molar-refractivity contribution in [3.05, 3.63) is 218 Å². The van der Waals surface area contributed by atoms with E-state index < -0.39 is 0 Å². The van der Waals surface area contributed by atoms with Gasteiger partial charge < -0.3 is 18.0 Å². The maximum atomic E-state index is 6.49. The Balaban J connectivity index is 0.855. The van der Waals surface area contributed by atoms with Gasteiger partial charge in [0.1, 0.15) is 22.3 Å².